The van der Waals surface area contributed by atoms with Crippen LogP contribution >= 0.6 is 31.9 Å². The largest absolute Gasteiger partial charge is 0.416 e. The molecular formula is C22H20Br2F3N5O. The van der Waals surface area contributed by atoms with Crippen molar-refractivity contribution in [3.63, 3.8) is 0 Å². The number of aryl methyl sites for hydroxylation is 2. The van der Waals surface area contributed by atoms with Crippen molar-refractivity contribution >= 4 is 54.6 Å². The van der Waals surface area contributed by atoms with Gasteiger partial charge in [-0.1, -0.05) is 6.08 Å². The van der Waals surface area contributed by atoms with Crippen LogP contribution in [-0.4, -0.2) is 33.5 Å². The molecule has 0 fully saturated rings. The summed E-state index contributed by atoms with van der Waals surface area (Å²) >= 11 is 6.67. The molecule has 33 heavy (non-hydrogen) atoms. The minimum atomic E-state index is -4.47. The molecule has 1 aliphatic heterocycles. The highest BCUT2D eigenvalue weighted by Gasteiger charge is 2.33. The molecule has 3 heterocycles. The van der Waals surface area contributed by atoms with Crippen LogP contribution in [0, 0.1) is 20.8 Å². The van der Waals surface area contributed by atoms with Crippen molar-refractivity contribution in [2.24, 2.45) is 5.73 Å². The van der Waals surface area contributed by atoms with Crippen LogP contribution in [-0.2, 0) is 11.0 Å². The van der Waals surface area contributed by atoms with Crippen LogP contribution in [0.15, 0.2) is 32.7 Å². The number of amides is 1. The van der Waals surface area contributed by atoms with E-state index >= 15 is 0 Å². The van der Waals surface area contributed by atoms with E-state index in [4.69, 9.17) is 5.73 Å². The highest BCUT2D eigenvalue weighted by Crippen LogP contribution is 2.41. The first kappa shape index (κ1) is 23.7. The van der Waals surface area contributed by atoms with E-state index in [9.17, 15) is 18.0 Å². The van der Waals surface area contributed by atoms with Crippen molar-refractivity contribution in [1.82, 2.24) is 14.5 Å². The number of hydrogen-bond donors (Lipinski definition) is 1. The third kappa shape index (κ3) is 4.16. The maximum atomic E-state index is 13.3. The number of nitrogens with two attached hydrogens (primary N) is 1. The van der Waals surface area contributed by atoms with Crippen molar-refractivity contribution in [3.05, 3.63) is 55.4 Å². The average Bonchev–Trinajstić information content (AvgIpc) is 2.97. The van der Waals surface area contributed by atoms with Gasteiger partial charge in [0, 0.05) is 33.3 Å². The minimum Gasteiger partial charge on any atom is -0.366 e. The number of rotatable bonds is 3. The number of halogens is 5. The van der Waals surface area contributed by atoms with Gasteiger partial charge in [-0.05, 0) is 76.7 Å². The molecule has 2 N–H and O–H groups in total. The monoisotopic (exact) mass is 585 g/mol. The Kier molecular flexibility index (Phi) is 6.06. The van der Waals surface area contributed by atoms with Gasteiger partial charge < -0.3 is 10.6 Å². The molecule has 0 saturated heterocycles. The van der Waals surface area contributed by atoms with Crippen molar-refractivity contribution < 1.29 is 18.0 Å². The SMILES string of the molecule is Cc1nc(N2CC=C(C(N)=O)CC2)c2c(C)c(C)n(-c3c(Br)cc(C(F)(F)F)cc3Br)c2n1. The molecule has 1 aromatic carbocycles. The number of carbonyl (C=O) groups is 1. The van der Waals surface area contributed by atoms with Crippen molar-refractivity contribution in [3.8, 4) is 5.69 Å². The Hall–Kier alpha value is -2.40. The van der Waals surface area contributed by atoms with Gasteiger partial charge in [-0.3, -0.25) is 9.36 Å². The van der Waals surface area contributed by atoms with E-state index < -0.39 is 17.6 Å². The van der Waals surface area contributed by atoms with E-state index in [-0.39, 0.29) is 8.95 Å². The van der Waals surface area contributed by atoms with Crippen LogP contribution in [0.4, 0.5) is 19.0 Å². The lowest BCUT2D eigenvalue weighted by Crippen LogP contribution is -2.32. The van der Waals surface area contributed by atoms with Crippen LogP contribution in [0.25, 0.3) is 16.7 Å². The zero-order chi connectivity index (χ0) is 24.2. The third-order valence-electron chi connectivity index (χ3n) is 5.84. The summed E-state index contributed by atoms with van der Waals surface area (Å²) in [6.45, 7) is 6.65. The molecule has 6 nitrogen and oxygen atoms in total. The van der Waals surface area contributed by atoms with E-state index in [0.29, 0.717) is 42.2 Å². The van der Waals surface area contributed by atoms with Gasteiger partial charge in [0.1, 0.15) is 11.6 Å². The first-order valence-corrected chi connectivity index (χ1v) is 11.7. The fourth-order valence-electron chi connectivity index (χ4n) is 4.08. The van der Waals surface area contributed by atoms with Crippen LogP contribution in [0.1, 0.15) is 29.1 Å². The van der Waals surface area contributed by atoms with Gasteiger partial charge in [-0.15, -0.1) is 0 Å². The smallest absolute Gasteiger partial charge is 0.366 e. The summed E-state index contributed by atoms with van der Waals surface area (Å²) in [5.74, 6) is 0.824. The van der Waals surface area contributed by atoms with Gasteiger partial charge in [0.25, 0.3) is 0 Å². The summed E-state index contributed by atoms with van der Waals surface area (Å²) in [5.41, 5.74) is 8.12. The topological polar surface area (TPSA) is 77.0 Å². The number of carbonyl (C=O) groups excluding carboxylic acids is 1. The van der Waals surface area contributed by atoms with E-state index in [2.05, 4.69) is 46.7 Å². The Morgan fingerprint density at radius 1 is 1.12 bits per heavy atom. The summed E-state index contributed by atoms with van der Waals surface area (Å²) in [5, 5.41) is 0.813. The zero-order valence-electron chi connectivity index (χ0n) is 18.0. The zero-order valence-corrected chi connectivity index (χ0v) is 21.2. The molecule has 4 rings (SSSR count). The van der Waals surface area contributed by atoms with E-state index in [1.54, 1.807) is 13.0 Å². The quantitative estimate of drug-likeness (QED) is 0.439. The number of hydrogen-bond acceptors (Lipinski definition) is 4. The summed E-state index contributed by atoms with van der Waals surface area (Å²) in [6, 6.07) is 2.13. The molecule has 11 heteroatoms. The second-order valence-corrected chi connectivity index (χ2v) is 9.62. The van der Waals surface area contributed by atoms with Gasteiger partial charge in [0.2, 0.25) is 5.91 Å². The second-order valence-electron chi connectivity index (χ2n) is 7.91. The van der Waals surface area contributed by atoms with Gasteiger partial charge >= 0.3 is 6.18 Å². The maximum Gasteiger partial charge on any atom is 0.416 e. The van der Waals surface area contributed by atoms with Crippen molar-refractivity contribution in [2.45, 2.75) is 33.4 Å². The highest BCUT2D eigenvalue weighted by molar-refractivity contribution is 9.11. The molecule has 3 aromatic rings. The molecule has 0 radical (unpaired) electrons. The lowest BCUT2D eigenvalue weighted by molar-refractivity contribution is -0.137. The fourth-order valence-corrected chi connectivity index (χ4v) is 5.62. The van der Waals surface area contributed by atoms with Gasteiger partial charge in [-0.25, -0.2) is 9.97 Å². The molecule has 1 aliphatic rings. The number of nitrogens with zero attached hydrogens (tertiary/aromatic N) is 4. The van der Waals surface area contributed by atoms with Gasteiger partial charge in [-0.2, -0.15) is 13.2 Å². The summed E-state index contributed by atoms with van der Waals surface area (Å²) in [6.07, 6.45) is -2.16. The Balaban J connectivity index is 1.94. The summed E-state index contributed by atoms with van der Waals surface area (Å²) in [7, 11) is 0. The van der Waals surface area contributed by atoms with Gasteiger partial charge in [0.05, 0.1) is 16.6 Å². The Labute approximate surface area is 204 Å². The average molecular weight is 587 g/mol. The molecule has 2 aromatic heterocycles. The Morgan fingerprint density at radius 2 is 1.76 bits per heavy atom. The molecular weight excluding hydrogens is 567 g/mol. The lowest BCUT2D eigenvalue weighted by atomic mass is 10.1. The van der Waals surface area contributed by atoms with Crippen LogP contribution in [0.3, 0.4) is 0 Å². The molecule has 0 bridgehead atoms. The molecule has 0 spiro atoms. The van der Waals surface area contributed by atoms with Crippen molar-refractivity contribution in [1.29, 1.82) is 0 Å². The van der Waals surface area contributed by atoms with E-state index in [1.165, 1.54) is 0 Å². The van der Waals surface area contributed by atoms with Gasteiger partial charge in [0.15, 0.2) is 5.65 Å². The standard InChI is InChI=1S/C22H20Br2F3N5O/c1-10-11(2)32(18-15(23)8-14(9-16(18)24)22(25,26)27)21-17(10)20(29-12(3)30-21)31-6-4-13(5-7-31)19(28)33/h4,8-9H,5-7H2,1-3H3,(H2,28,33). The summed E-state index contributed by atoms with van der Waals surface area (Å²) < 4.78 is 42.3. The van der Waals surface area contributed by atoms with Crippen LogP contribution in [0.2, 0.25) is 0 Å². The predicted octanol–water partition coefficient (Wildman–Crippen LogP) is 5.51. The number of fused-ring (bicyclic) bond motifs is 1. The Bertz CT molecular complexity index is 1310. The maximum absolute atomic E-state index is 13.3. The first-order valence-electron chi connectivity index (χ1n) is 10.1. The molecule has 0 saturated carbocycles. The van der Waals surface area contributed by atoms with E-state index in [1.807, 2.05) is 18.4 Å². The number of benzene rings is 1. The van der Waals surface area contributed by atoms with E-state index in [0.717, 1.165) is 34.6 Å². The summed E-state index contributed by atoms with van der Waals surface area (Å²) in [4.78, 5) is 22.9. The molecule has 174 valence electrons. The normalized spacial score (nSPS) is 14.7. The highest BCUT2D eigenvalue weighted by atomic mass is 79.9. The number of anilines is 1. The molecule has 0 atom stereocenters. The molecule has 0 unspecified atom stereocenters. The minimum absolute atomic E-state index is 0.286. The third-order valence-corrected chi connectivity index (χ3v) is 7.05. The first-order chi connectivity index (χ1) is 15.4. The van der Waals surface area contributed by atoms with Crippen LogP contribution < -0.4 is 10.6 Å². The van der Waals surface area contributed by atoms with Crippen LogP contribution in [0.5, 0.6) is 0 Å². The molecule has 0 aliphatic carbocycles. The Morgan fingerprint density at radius 3 is 2.27 bits per heavy atom. The number of aromatic nitrogens is 3. The second kappa shape index (κ2) is 8.43. The fraction of sp³-hybridized carbons (Fsp3) is 0.318. The van der Waals surface area contributed by atoms with Crippen molar-refractivity contribution in [2.75, 3.05) is 18.0 Å². The molecule has 1 amide bonds. The number of primary amides is 1. The predicted molar refractivity (Wildman–Crippen MR) is 128 cm³/mol. The number of alkyl halides is 3. The lowest BCUT2D eigenvalue weighted by Gasteiger charge is -2.27.